The van der Waals surface area contributed by atoms with Gasteiger partial charge in [-0.1, -0.05) is 15.9 Å². The van der Waals surface area contributed by atoms with Gasteiger partial charge in [-0.25, -0.2) is 9.59 Å². The number of nitrogens with zero attached hydrogens (tertiary/aromatic N) is 3. The zero-order valence-electron chi connectivity index (χ0n) is 16.5. The standard InChI is InChI=1S/C23H14BrN3O5/c24-14-1-4-20-13(9-14)10-17(23(30)31-20)16-11-21(29)32-22-15(16)2-3-19(28)18(22)12-27(7-5-25)8-6-26/h1-4,9-11,28H,7-8,12H2. The third kappa shape index (κ3) is 4.00. The molecule has 0 aliphatic carbocycles. The number of hydrogen-bond acceptors (Lipinski definition) is 8. The molecule has 0 unspecified atom stereocenters. The van der Waals surface area contributed by atoms with E-state index in [-0.39, 0.29) is 42.1 Å². The topological polar surface area (TPSA) is 131 Å². The minimum atomic E-state index is -0.722. The summed E-state index contributed by atoms with van der Waals surface area (Å²) < 4.78 is 11.6. The van der Waals surface area contributed by atoms with Gasteiger partial charge in [0, 0.05) is 33.4 Å². The zero-order chi connectivity index (χ0) is 22.8. The van der Waals surface area contributed by atoms with Crippen LogP contribution < -0.4 is 11.3 Å². The fourth-order valence-electron chi connectivity index (χ4n) is 3.52. The summed E-state index contributed by atoms with van der Waals surface area (Å²) in [5.41, 5.74) is -0.188. The summed E-state index contributed by atoms with van der Waals surface area (Å²) in [6.45, 7) is -0.122. The second-order valence-electron chi connectivity index (χ2n) is 7.01. The van der Waals surface area contributed by atoms with E-state index in [9.17, 15) is 14.7 Å². The summed E-state index contributed by atoms with van der Waals surface area (Å²) in [4.78, 5) is 26.6. The Labute approximate surface area is 189 Å². The number of rotatable bonds is 5. The van der Waals surface area contributed by atoms with Crippen molar-refractivity contribution in [2.24, 2.45) is 0 Å². The predicted octanol–water partition coefficient (Wildman–Crippen LogP) is 3.88. The van der Waals surface area contributed by atoms with Gasteiger partial charge in [0.1, 0.15) is 16.9 Å². The number of hydrogen-bond donors (Lipinski definition) is 1. The Morgan fingerprint density at radius 3 is 2.44 bits per heavy atom. The maximum atomic E-state index is 12.7. The lowest BCUT2D eigenvalue weighted by molar-refractivity contribution is 0.326. The van der Waals surface area contributed by atoms with Crippen LogP contribution in [0.4, 0.5) is 0 Å². The van der Waals surface area contributed by atoms with E-state index in [4.69, 9.17) is 19.4 Å². The molecule has 8 nitrogen and oxygen atoms in total. The van der Waals surface area contributed by atoms with Crippen molar-refractivity contribution in [1.29, 1.82) is 10.5 Å². The van der Waals surface area contributed by atoms with Gasteiger partial charge >= 0.3 is 11.3 Å². The predicted molar refractivity (Wildman–Crippen MR) is 120 cm³/mol. The van der Waals surface area contributed by atoms with Gasteiger partial charge < -0.3 is 13.9 Å². The number of aromatic hydroxyl groups is 1. The highest BCUT2D eigenvalue weighted by atomic mass is 79.9. The molecule has 2 heterocycles. The maximum Gasteiger partial charge on any atom is 0.344 e. The van der Waals surface area contributed by atoms with E-state index >= 15 is 0 Å². The van der Waals surface area contributed by atoms with Crippen molar-refractivity contribution in [3.63, 3.8) is 0 Å². The molecule has 0 amide bonds. The van der Waals surface area contributed by atoms with Gasteiger partial charge in [0.2, 0.25) is 0 Å². The molecule has 32 heavy (non-hydrogen) atoms. The Hall–Kier alpha value is -3.92. The number of fused-ring (bicyclic) bond motifs is 2. The lowest BCUT2D eigenvalue weighted by atomic mass is 9.99. The molecule has 0 saturated heterocycles. The van der Waals surface area contributed by atoms with Gasteiger partial charge in [-0.3, -0.25) is 4.90 Å². The van der Waals surface area contributed by atoms with Crippen LogP contribution in [0.3, 0.4) is 0 Å². The molecule has 0 aliphatic heterocycles. The fourth-order valence-corrected chi connectivity index (χ4v) is 3.90. The monoisotopic (exact) mass is 491 g/mol. The largest absolute Gasteiger partial charge is 0.507 e. The van der Waals surface area contributed by atoms with Crippen molar-refractivity contribution in [3.05, 3.63) is 73.3 Å². The van der Waals surface area contributed by atoms with Crippen LogP contribution in [0, 0.1) is 22.7 Å². The molecule has 0 saturated carbocycles. The second kappa shape index (κ2) is 8.67. The van der Waals surface area contributed by atoms with Gasteiger partial charge in [-0.15, -0.1) is 0 Å². The van der Waals surface area contributed by atoms with E-state index < -0.39 is 11.3 Å². The van der Waals surface area contributed by atoms with Gasteiger partial charge in [-0.05, 0) is 36.4 Å². The van der Waals surface area contributed by atoms with E-state index in [1.165, 1.54) is 23.1 Å². The molecule has 2 aromatic heterocycles. The molecule has 2 aromatic carbocycles. The molecule has 158 valence electrons. The minimum Gasteiger partial charge on any atom is -0.507 e. The van der Waals surface area contributed by atoms with E-state index in [1.807, 2.05) is 12.1 Å². The third-order valence-corrected chi connectivity index (χ3v) is 5.44. The average Bonchev–Trinajstić information content (AvgIpc) is 2.75. The SMILES string of the molecule is N#CCN(CC#N)Cc1c(O)ccc2c(-c3cc4cc(Br)ccc4oc3=O)cc(=O)oc12. The average molecular weight is 492 g/mol. The van der Waals surface area contributed by atoms with Crippen molar-refractivity contribution in [3.8, 4) is 29.0 Å². The molecular weight excluding hydrogens is 478 g/mol. The van der Waals surface area contributed by atoms with E-state index in [1.54, 1.807) is 24.3 Å². The van der Waals surface area contributed by atoms with Crippen LogP contribution in [-0.4, -0.2) is 23.1 Å². The van der Waals surface area contributed by atoms with Crippen LogP contribution in [-0.2, 0) is 6.54 Å². The first-order chi connectivity index (χ1) is 15.4. The molecule has 4 rings (SSSR count). The number of benzene rings is 2. The van der Waals surface area contributed by atoms with Gasteiger partial charge in [0.25, 0.3) is 0 Å². The lowest BCUT2D eigenvalue weighted by Gasteiger charge is -2.17. The Morgan fingerprint density at radius 1 is 0.969 bits per heavy atom. The molecule has 0 fully saturated rings. The maximum absolute atomic E-state index is 12.7. The summed E-state index contributed by atoms with van der Waals surface area (Å²) in [7, 11) is 0. The fraction of sp³-hybridized carbons (Fsp3) is 0.130. The Kier molecular flexibility index (Phi) is 5.78. The Bertz CT molecular complexity index is 1540. The van der Waals surface area contributed by atoms with E-state index in [0.29, 0.717) is 21.9 Å². The summed E-state index contributed by atoms with van der Waals surface area (Å²) in [5.74, 6) is -0.159. The highest BCUT2D eigenvalue weighted by molar-refractivity contribution is 9.10. The molecule has 1 N–H and O–H groups in total. The molecule has 4 aromatic rings. The number of phenolic OH excluding ortho intramolecular Hbond substituents is 1. The number of nitriles is 2. The smallest absolute Gasteiger partial charge is 0.344 e. The summed E-state index contributed by atoms with van der Waals surface area (Å²) >= 11 is 3.39. The van der Waals surface area contributed by atoms with Crippen LogP contribution in [0.25, 0.3) is 33.1 Å². The molecular formula is C23H14BrN3O5. The van der Waals surface area contributed by atoms with Crippen LogP contribution in [0.2, 0.25) is 0 Å². The second-order valence-corrected chi connectivity index (χ2v) is 7.93. The van der Waals surface area contributed by atoms with Crippen molar-refractivity contribution in [2.45, 2.75) is 6.54 Å². The van der Waals surface area contributed by atoms with Crippen LogP contribution in [0.15, 0.2) is 65.4 Å². The number of phenols is 1. The van der Waals surface area contributed by atoms with Crippen molar-refractivity contribution in [2.75, 3.05) is 13.1 Å². The lowest BCUT2D eigenvalue weighted by Crippen LogP contribution is -2.24. The zero-order valence-corrected chi connectivity index (χ0v) is 18.0. The molecule has 0 atom stereocenters. The minimum absolute atomic E-state index is 0.00401. The summed E-state index contributed by atoms with van der Waals surface area (Å²) in [5, 5.41) is 29.5. The highest BCUT2D eigenvalue weighted by Gasteiger charge is 2.19. The first-order valence-electron chi connectivity index (χ1n) is 9.40. The normalized spacial score (nSPS) is 11.0. The van der Waals surface area contributed by atoms with Crippen LogP contribution in [0.5, 0.6) is 5.75 Å². The first kappa shape index (κ1) is 21.3. The quantitative estimate of drug-likeness (QED) is 0.328. The van der Waals surface area contributed by atoms with E-state index in [2.05, 4.69) is 15.9 Å². The van der Waals surface area contributed by atoms with E-state index in [0.717, 1.165) is 4.47 Å². The molecule has 0 radical (unpaired) electrons. The Balaban J connectivity index is 1.97. The summed E-state index contributed by atoms with van der Waals surface area (Å²) in [6, 6.07) is 14.9. The van der Waals surface area contributed by atoms with Gasteiger partial charge in [0.15, 0.2) is 0 Å². The van der Waals surface area contributed by atoms with Crippen molar-refractivity contribution < 1.29 is 13.9 Å². The van der Waals surface area contributed by atoms with Gasteiger partial charge in [0.05, 0.1) is 36.4 Å². The van der Waals surface area contributed by atoms with Gasteiger partial charge in [-0.2, -0.15) is 10.5 Å². The Morgan fingerprint density at radius 2 is 1.72 bits per heavy atom. The molecule has 0 bridgehead atoms. The number of halogens is 1. The first-order valence-corrected chi connectivity index (χ1v) is 10.2. The highest BCUT2D eigenvalue weighted by Crippen LogP contribution is 2.34. The van der Waals surface area contributed by atoms with Crippen molar-refractivity contribution >= 4 is 37.9 Å². The van der Waals surface area contributed by atoms with Crippen LogP contribution >= 0.6 is 15.9 Å². The van der Waals surface area contributed by atoms with Crippen LogP contribution in [0.1, 0.15) is 5.56 Å². The molecule has 9 heteroatoms. The molecule has 0 spiro atoms. The summed E-state index contributed by atoms with van der Waals surface area (Å²) in [6.07, 6.45) is 0. The molecule has 0 aliphatic rings. The third-order valence-electron chi connectivity index (χ3n) is 4.95. The van der Waals surface area contributed by atoms with Crippen molar-refractivity contribution in [1.82, 2.24) is 4.90 Å².